The Hall–Kier alpha value is -2.53. The molecule has 0 saturated heterocycles. The number of guanidine groups is 1. The number of hydrogen-bond donors (Lipinski definition) is 2. The molecule has 2 aromatic carbocycles. The summed E-state index contributed by atoms with van der Waals surface area (Å²) in [5.74, 6) is 0.745. The molecule has 0 heterocycles. The number of benzene rings is 2. The molecule has 0 bridgehead atoms. The zero-order chi connectivity index (χ0) is 18.8. The number of hydrogen-bond acceptors (Lipinski definition) is 2. The maximum absolute atomic E-state index is 12.2. The molecule has 5 nitrogen and oxygen atoms in total. The van der Waals surface area contributed by atoms with Crippen LogP contribution in [0.2, 0.25) is 5.02 Å². The van der Waals surface area contributed by atoms with E-state index in [0.29, 0.717) is 37.0 Å². The minimum Gasteiger partial charge on any atom is -0.356 e. The largest absolute Gasteiger partial charge is 0.356 e. The normalized spacial score (nSPS) is 11.1. The van der Waals surface area contributed by atoms with Gasteiger partial charge in [-0.1, -0.05) is 54.1 Å². The monoisotopic (exact) mass is 372 g/mol. The highest BCUT2D eigenvalue weighted by Crippen LogP contribution is 2.10. The lowest BCUT2D eigenvalue weighted by molar-refractivity contribution is -0.130. The average molecular weight is 373 g/mol. The maximum atomic E-state index is 12.2. The molecule has 2 N–H and O–H groups in total. The second-order valence-electron chi connectivity index (χ2n) is 5.97. The van der Waals surface area contributed by atoms with Crippen molar-refractivity contribution in [1.29, 1.82) is 0 Å². The number of carbonyl (C=O) groups is 1. The number of rotatable bonds is 7. The van der Waals surface area contributed by atoms with Gasteiger partial charge in [0.15, 0.2) is 5.96 Å². The highest BCUT2D eigenvalue weighted by molar-refractivity contribution is 6.30. The van der Waals surface area contributed by atoms with Crippen LogP contribution >= 0.6 is 11.6 Å². The van der Waals surface area contributed by atoms with Crippen molar-refractivity contribution >= 4 is 23.5 Å². The molecule has 0 aliphatic heterocycles. The van der Waals surface area contributed by atoms with Crippen LogP contribution in [0.15, 0.2) is 59.6 Å². The smallest absolute Gasteiger partial charge is 0.224 e. The molecule has 0 unspecified atom stereocenters. The third-order valence-corrected chi connectivity index (χ3v) is 4.13. The Labute approximate surface area is 160 Å². The highest BCUT2D eigenvalue weighted by atomic mass is 35.5. The van der Waals surface area contributed by atoms with Crippen LogP contribution in [0.4, 0.5) is 0 Å². The van der Waals surface area contributed by atoms with E-state index in [1.165, 1.54) is 0 Å². The summed E-state index contributed by atoms with van der Waals surface area (Å²) in [5.41, 5.74) is 2.19. The number of carbonyl (C=O) groups excluding carboxylic acids is 1. The van der Waals surface area contributed by atoms with Crippen molar-refractivity contribution in [3.05, 3.63) is 70.7 Å². The van der Waals surface area contributed by atoms with E-state index >= 15 is 0 Å². The van der Waals surface area contributed by atoms with Crippen LogP contribution in [0.3, 0.4) is 0 Å². The van der Waals surface area contributed by atoms with E-state index in [1.807, 2.05) is 61.6 Å². The van der Waals surface area contributed by atoms with Crippen molar-refractivity contribution in [1.82, 2.24) is 15.5 Å². The van der Waals surface area contributed by atoms with Gasteiger partial charge in [0.25, 0.3) is 0 Å². The van der Waals surface area contributed by atoms with Crippen LogP contribution in [0.1, 0.15) is 17.5 Å². The van der Waals surface area contributed by atoms with E-state index in [9.17, 15) is 4.79 Å². The molecule has 1 amide bonds. The lowest BCUT2D eigenvalue weighted by Crippen LogP contribution is -2.39. The number of halogens is 1. The molecule has 0 aliphatic rings. The zero-order valence-corrected chi connectivity index (χ0v) is 16.0. The Morgan fingerprint density at radius 2 is 1.81 bits per heavy atom. The van der Waals surface area contributed by atoms with Gasteiger partial charge in [-0.05, 0) is 23.3 Å². The molecule has 26 heavy (non-hydrogen) atoms. The summed E-state index contributed by atoms with van der Waals surface area (Å²) in [4.78, 5) is 18.2. The Bertz CT molecular complexity index is 734. The lowest BCUT2D eigenvalue weighted by atomic mass is 10.2. The van der Waals surface area contributed by atoms with Crippen LogP contribution in [0.5, 0.6) is 0 Å². The number of aliphatic imine (C=N–C) groups is 1. The zero-order valence-electron chi connectivity index (χ0n) is 15.2. The SMILES string of the molecule is CN=C(NCCC(=O)N(C)Cc1ccccc1)NCc1cccc(Cl)c1. The minimum atomic E-state index is 0.0895. The first-order valence-electron chi connectivity index (χ1n) is 8.55. The summed E-state index contributed by atoms with van der Waals surface area (Å²) >= 11 is 5.98. The van der Waals surface area contributed by atoms with E-state index in [1.54, 1.807) is 11.9 Å². The molecule has 0 atom stereocenters. The molecule has 2 rings (SSSR count). The first-order chi connectivity index (χ1) is 12.6. The standard InChI is InChI=1S/C20H25ClN4O/c1-22-20(24-14-17-9-6-10-18(21)13-17)23-12-11-19(26)25(2)15-16-7-4-3-5-8-16/h3-10,13H,11-12,14-15H2,1-2H3,(H2,22,23,24). The summed E-state index contributed by atoms with van der Waals surface area (Å²) in [7, 11) is 3.53. The quantitative estimate of drug-likeness (QED) is 0.580. The van der Waals surface area contributed by atoms with Gasteiger partial charge in [-0.25, -0.2) is 0 Å². The van der Waals surface area contributed by atoms with Gasteiger partial charge in [-0.15, -0.1) is 0 Å². The summed E-state index contributed by atoms with van der Waals surface area (Å²) < 4.78 is 0. The molecule has 0 aromatic heterocycles. The van der Waals surface area contributed by atoms with E-state index in [2.05, 4.69) is 15.6 Å². The van der Waals surface area contributed by atoms with Gasteiger partial charge in [0.2, 0.25) is 5.91 Å². The summed E-state index contributed by atoms with van der Waals surface area (Å²) in [6.45, 7) is 1.75. The summed E-state index contributed by atoms with van der Waals surface area (Å²) in [6, 6.07) is 17.6. The predicted octanol–water partition coefficient (Wildman–Crippen LogP) is 3.05. The molecule has 0 spiro atoms. The van der Waals surface area contributed by atoms with Crippen molar-refractivity contribution < 1.29 is 4.79 Å². The second-order valence-corrected chi connectivity index (χ2v) is 6.40. The van der Waals surface area contributed by atoms with Gasteiger partial charge in [0.1, 0.15) is 0 Å². The third-order valence-electron chi connectivity index (χ3n) is 3.89. The van der Waals surface area contributed by atoms with Crippen molar-refractivity contribution in [3.8, 4) is 0 Å². The Morgan fingerprint density at radius 3 is 2.50 bits per heavy atom. The highest BCUT2D eigenvalue weighted by Gasteiger charge is 2.09. The molecule has 0 fully saturated rings. The van der Waals surface area contributed by atoms with E-state index < -0.39 is 0 Å². The number of nitrogens with one attached hydrogen (secondary N) is 2. The molecule has 0 radical (unpaired) electrons. The predicted molar refractivity (Wildman–Crippen MR) is 107 cm³/mol. The molecule has 2 aromatic rings. The van der Waals surface area contributed by atoms with Crippen LogP contribution in [-0.4, -0.2) is 37.4 Å². The fourth-order valence-corrected chi connectivity index (χ4v) is 2.69. The maximum Gasteiger partial charge on any atom is 0.224 e. The van der Waals surface area contributed by atoms with Gasteiger partial charge in [0, 0.05) is 45.2 Å². The first-order valence-corrected chi connectivity index (χ1v) is 8.93. The van der Waals surface area contributed by atoms with Crippen molar-refractivity contribution in [2.24, 2.45) is 4.99 Å². The topological polar surface area (TPSA) is 56.7 Å². The first kappa shape index (κ1) is 19.8. The number of amides is 1. The third kappa shape index (κ3) is 6.76. The number of nitrogens with zero attached hydrogens (tertiary/aromatic N) is 2. The fraction of sp³-hybridized carbons (Fsp3) is 0.300. The lowest BCUT2D eigenvalue weighted by Gasteiger charge is -2.18. The van der Waals surface area contributed by atoms with Gasteiger partial charge >= 0.3 is 0 Å². The van der Waals surface area contributed by atoms with Crippen LogP contribution < -0.4 is 10.6 Å². The summed E-state index contributed by atoms with van der Waals surface area (Å²) in [5, 5.41) is 7.08. The van der Waals surface area contributed by atoms with E-state index in [4.69, 9.17) is 11.6 Å². The van der Waals surface area contributed by atoms with Crippen LogP contribution in [-0.2, 0) is 17.9 Å². The van der Waals surface area contributed by atoms with Gasteiger partial charge in [-0.2, -0.15) is 0 Å². The molecule has 6 heteroatoms. The van der Waals surface area contributed by atoms with Crippen LogP contribution in [0.25, 0.3) is 0 Å². The Balaban J connectivity index is 1.71. The Morgan fingerprint density at radius 1 is 1.08 bits per heavy atom. The molecule has 0 aliphatic carbocycles. The van der Waals surface area contributed by atoms with Crippen molar-refractivity contribution in [2.75, 3.05) is 20.6 Å². The molecule has 138 valence electrons. The Kier molecular flexibility index (Phi) is 7.96. The van der Waals surface area contributed by atoms with Gasteiger partial charge < -0.3 is 15.5 Å². The van der Waals surface area contributed by atoms with Crippen molar-refractivity contribution in [3.63, 3.8) is 0 Å². The van der Waals surface area contributed by atoms with Gasteiger partial charge in [-0.3, -0.25) is 9.79 Å². The van der Waals surface area contributed by atoms with E-state index in [-0.39, 0.29) is 5.91 Å². The summed E-state index contributed by atoms with van der Waals surface area (Å²) in [6.07, 6.45) is 0.404. The van der Waals surface area contributed by atoms with E-state index in [0.717, 1.165) is 11.1 Å². The van der Waals surface area contributed by atoms with Crippen molar-refractivity contribution in [2.45, 2.75) is 19.5 Å². The minimum absolute atomic E-state index is 0.0895. The molecular formula is C20H25ClN4O. The van der Waals surface area contributed by atoms with Crippen LogP contribution in [0, 0.1) is 0 Å². The molecule has 0 saturated carbocycles. The van der Waals surface area contributed by atoms with Gasteiger partial charge in [0.05, 0.1) is 0 Å². The second kappa shape index (κ2) is 10.5. The molecular weight excluding hydrogens is 348 g/mol. The fourth-order valence-electron chi connectivity index (χ4n) is 2.48. The average Bonchev–Trinajstić information content (AvgIpc) is 2.65.